The van der Waals surface area contributed by atoms with E-state index >= 15 is 0 Å². The van der Waals surface area contributed by atoms with Crippen molar-refractivity contribution in [2.24, 2.45) is 0 Å². The van der Waals surface area contributed by atoms with E-state index in [1.807, 2.05) is 0 Å². The zero-order valence-electron chi connectivity index (χ0n) is 11.2. The minimum atomic E-state index is -0.934. The summed E-state index contributed by atoms with van der Waals surface area (Å²) in [5, 5.41) is 16.3. The Hall–Kier alpha value is -2.67. The SMILES string of the molecule is O=C(CNc1ccc(F)c([N+](=O)[O-])c1)Nc1ccccc1Cl. The molecule has 0 aliphatic heterocycles. The fourth-order valence-corrected chi connectivity index (χ4v) is 1.88. The molecule has 0 radical (unpaired) electrons. The first kappa shape index (κ1) is 15.7. The number of hydrogen-bond donors (Lipinski definition) is 2. The summed E-state index contributed by atoms with van der Waals surface area (Å²) in [6, 6.07) is 10.0. The second-order valence-electron chi connectivity index (χ2n) is 4.30. The summed E-state index contributed by atoms with van der Waals surface area (Å²) in [4.78, 5) is 21.6. The Morgan fingerprint density at radius 2 is 2.00 bits per heavy atom. The van der Waals surface area contributed by atoms with Crippen LogP contribution in [0.25, 0.3) is 0 Å². The molecule has 0 fully saturated rings. The maximum Gasteiger partial charge on any atom is 0.306 e. The van der Waals surface area contributed by atoms with Crippen LogP contribution in [0, 0.1) is 15.9 Å². The van der Waals surface area contributed by atoms with Gasteiger partial charge in [0.2, 0.25) is 11.7 Å². The van der Waals surface area contributed by atoms with Crippen molar-refractivity contribution >= 4 is 34.6 Å². The highest BCUT2D eigenvalue weighted by molar-refractivity contribution is 6.33. The molecule has 0 heterocycles. The summed E-state index contributed by atoms with van der Waals surface area (Å²) in [6.45, 7) is -0.145. The topological polar surface area (TPSA) is 84.3 Å². The number of nitrogens with one attached hydrogen (secondary N) is 2. The minimum absolute atomic E-state index is 0.145. The fraction of sp³-hybridized carbons (Fsp3) is 0.0714. The lowest BCUT2D eigenvalue weighted by molar-refractivity contribution is -0.387. The van der Waals surface area contributed by atoms with Crippen molar-refractivity contribution in [3.8, 4) is 0 Å². The number of para-hydroxylation sites is 1. The number of rotatable bonds is 5. The average molecular weight is 324 g/mol. The number of benzene rings is 2. The number of carbonyl (C=O) groups excluding carboxylic acids is 1. The van der Waals surface area contributed by atoms with Gasteiger partial charge in [-0.2, -0.15) is 4.39 Å². The molecule has 2 rings (SSSR count). The van der Waals surface area contributed by atoms with Gasteiger partial charge in [-0.3, -0.25) is 14.9 Å². The highest BCUT2D eigenvalue weighted by atomic mass is 35.5. The standard InChI is InChI=1S/C14H11ClFN3O3/c15-10-3-1-2-4-12(10)18-14(20)8-17-9-5-6-11(16)13(7-9)19(21)22/h1-7,17H,8H2,(H,18,20). The Balaban J connectivity index is 1.98. The van der Waals surface area contributed by atoms with Crippen molar-refractivity contribution in [3.05, 3.63) is 63.4 Å². The number of carbonyl (C=O) groups is 1. The quantitative estimate of drug-likeness (QED) is 0.652. The predicted molar refractivity (Wildman–Crippen MR) is 81.6 cm³/mol. The van der Waals surface area contributed by atoms with Gasteiger partial charge in [0.15, 0.2) is 0 Å². The van der Waals surface area contributed by atoms with Gasteiger partial charge >= 0.3 is 5.69 Å². The first-order valence-electron chi connectivity index (χ1n) is 6.19. The lowest BCUT2D eigenvalue weighted by Crippen LogP contribution is -2.21. The maximum absolute atomic E-state index is 13.2. The highest BCUT2D eigenvalue weighted by Gasteiger charge is 2.14. The number of halogens is 2. The first-order valence-corrected chi connectivity index (χ1v) is 6.57. The molecule has 0 aromatic heterocycles. The van der Waals surface area contributed by atoms with Gasteiger partial charge in [0, 0.05) is 11.8 Å². The van der Waals surface area contributed by atoms with Gasteiger partial charge in [-0.1, -0.05) is 23.7 Å². The van der Waals surface area contributed by atoms with E-state index in [1.54, 1.807) is 24.3 Å². The Morgan fingerprint density at radius 1 is 1.27 bits per heavy atom. The predicted octanol–water partition coefficient (Wildman–Crippen LogP) is 3.44. The number of amides is 1. The van der Waals surface area contributed by atoms with Crippen molar-refractivity contribution in [2.45, 2.75) is 0 Å². The number of nitro groups is 1. The number of hydrogen-bond acceptors (Lipinski definition) is 4. The van der Waals surface area contributed by atoms with Crippen LogP contribution < -0.4 is 10.6 Å². The van der Waals surface area contributed by atoms with E-state index in [4.69, 9.17) is 11.6 Å². The van der Waals surface area contributed by atoms with Gasteiger partial charge in [0.25, 0.3) is 0 Å². The van der Waals surface area contributed by atoms with Crippen LogP contribution in [0.2, 0.25) is 5.02 Å². The van der Waals surface area contributed by atoms with Gasteiger partial charge in [0.1, 0.15) is 0 Å². The molecule has 114 valence electrons. The molecule has 22 heavy (non-hydrogen) atoms. The summed E-state index contributed by atoms with van der Waals surface area (Å²) in [5.74, 6) is -1.32. The van der Waals surface area contributed by atoms with Crippen LogP contribution in [0.3, 0.4) is 0 Å². The van der Waals surface area contributed by atoms with Crippen molar-refractivity contribution in [2.75, 3.05) is 17.2 Å². The minimum Gasteiger partial charge on any atom is -0.376 e. The van der Waals surface area contributed by atoms with Gasteiger partial charge in [-0.15, -0.1) is 0 Å². The molecule has 0 spiro atoms. The molecule has 0 aliphatic rings. The Morgan fingerprint density at radius 3 is 2.68 bits per heavy atom. The third-order valence-corrected chi connectivity index (χ3v) is 3.07. The second kappa shape index (κ2) is 6.86. The summed E-state index contributed by atoms with van der Waals surface area (Å²) in [6.07, 6.45) is 0. The second-order valence-corrected chi connectivity index (χ2v) is 4.71. The molecule has 0 atom stereocenters. The fourth-order valence-electron chi connectivity index (χ4n) is 1.70. The number of nitrogens with zero attached hydrogens (tertiary/aromatic N) is 1. The van der Waals surface area contributed by atoms with Crippen molar-refractivity contribution < 1.29 is 14.1 Å². The molecule has 2 N–H and O–H groups in total. The molecule has 2 aromatic rings. The molecule has 6 nitrogen and oxygen atoms in total. The van der Waals surface area contributed by atoms with E-state index in [0.29, 0.717) is 10.7 Å². The molecule has 8 heteroatoms. The van der Waals surface area contributed by atoms with Gasteiger partial charge in [-0.05, 0) is 24.3 Å². The summed E-state index contributed by atoms with van der Waals surface area (Å²) in [5.41, 5.74) is 0.0694. The normalized spacial score (nSPS) is 10.1. The molecule has 0 saturated heterocycles. The molecule has 0 saturated carbocycles. The third kappa shape index (κ3) is 3.92. The zero-order valence-corrected chi connectivity index (χ0v) is 11.9. The zero-order chi connectivity index (χ0) is 16.1. The summed E-state index contributed by atoms with van der Waals surface area (Å²) in [7, 11) is 0. The summed E-state index contributed by atoms with van der Waals surface area (Å²) < 4.78 is 13.2. The summed E-state index contributed by atoms with van der Waals surface area (Å²) >= 11 is 5.91. The van der Waals surface area contributed by atoms with E-state index < -0.39 is 16.4 Å². The van der Waals surface area contributed by atoms with Crippen molar-refractivity contribution in [3.63, 3.8) is 0 Å². The van der Waals surface area contributed by atoms with Crippen LogP contribution in [0.5, 0.6) is 0 Å². The highest BCUT2D eigenvalue weighted by Crippen LogP contribution is 2.22. The molecule has 0 unspecified atom stereocenters. The van der Waals surface area contributed by atoms with Crippen LogP contribution in [-0.2, 0) is 4.79 Å². The van der Waals surface area contributed by atoms with Crippen LogP contribution in [0.15, 0.2) is 42.5 Å². The Bertz CT molecular complexity index is 724. The molecule has 0 aliphatic carbocycles. The Kier molecular flexibility index (Phi) is 4.90. The maximum atomic E-state index is 13.2. The molecule has 0 bridgehead atoms. The van der Waals surface area contributed by atoms with Gasteiger partial charge < -0.3 is 10.6 Å². The van der Waals surface area contributed by atoms with E-state index in [2.05, 4.69) is 10.6 Å². The monoisotopic (exact) mass is 323 g/mol. The Labute approximate surface area is 130 Å². The van der Waals surface area contributed by atoms with E-state index in [0.717, 1.165) is 12.1 Å². The van der Waals surface area contributed by atoms with Gasteiger partial charge in [-0.25, -0.2) is 0 Å². The molecular weight excluding hydrogens is 313 g/mol. The lowest BCUT2D eigenvalue weighted by Gasteiger charge is -2.09. The van der Waals surface area contributed by atoms with Crippen LogP contribution in [0.4, 0.5) is 21.5 Å². The number of nitro benzene ring substituents is 1. The molecule has 1 amide bonds. The van der Waals surface area contributed by atoms with Crippen molar-refractivity contribution in [1.29, 1.82) is 0 Å². The van der Waals surface area contributed by atoms with E-state index in [9.17, 15) is 19.3 Å². The molecular formula is C14H11ClFN3O3. The van der Waals surface area contributed by atoms with Crippen molar-refractivity contribution in [1.82, 2.24) is 0 Å². The molecule has 2 aromatic carbocycles. The van der Waals surface area contributed by atoms with Crippen LogP contribution in [-0.4, -0.2) is 17.4 Å². The lowest BCUT2D eigenvalue weighted by atomic mass is 10.2. The third-order valence-electron chi connectivity index (χ3n) is 2.74. The van der Waals surface area contributed by atoms with E-state index in [1.165, 1.54) is 6.07 Å². The number of anilines is 2. The van der Waals surface area contributed by atoms with Crippen LogP contribution in [0.1, 0.15) is 0 Å². The average Bonchev–Trinajstić information content (AvgIpc) is 2.48. The van der Waals surface area contributed by atoms with E-state index in [-0.39, 0.29) is 18.1 Å². The first-order chi connectivity index (χ1) is 10.5. The largest absolute Gasteiger partial charge is 0.376 e. The smallest absolute Gasteiger partial charge is 0.306 e. The van der Waals surface area contributed by atoms with Crippen LogP contribution >= 0.6 is 11.6 Å². The van der Waals surface area contributed by atoms with Gasteiger partial charge in [0.05, 0.1) is 22.2 Å².